The second-order valence-corrected chi connectivity index (χ2v) is 6.58. The Morgan fingerprint density at radius 3 is 2.71 bits per heavy atom. The lowest BCUT2D eigenvalue weighted by molar-refractivity contribution is 0.471. The standard InChI is InChI=1S/C16H17N5O2S/c1-8-4-5-11(22)9(2)13(8)15-14-10(16(17)19-7-18-14)6-12(20-15)21-24(3)23/h4-7,22H,1-3H3,(H,20,21)(H2,17,18,19). The van der Waals surface area contributed by atoms with Crippen molar-refractivity contribution in [2.24, 2.45) is 0 Å². The van der Waals surface area contributed by atoms with Crippen molar-refractivity contribution in [2.45, 2.75) is 13.8 Å². The highest BCUT2D eigenvalue weighted by Crippen LogP contribution is 2.36. The van der Waals surface area contributed by atoms with Gasteiger partial charge in [0.1, 0.15) is 40.2 Å². The number of phenols is 1. The number of hydrogen-bond donors (Lipinski definition) is 3. The molecule has 124 valence electrons. The van der Waals surface area contributed by atoms with Crippen molar-refractivity contribution >= 4 is 33.5 Å². The van der Waals surface area contributed by atoms with Crippen LogP contribution in [-0.2, 0) is 11.0 Å². The first kappa shape index (κ1) is 16.1. The van der Waals surface area contributed by atoms with E-state index >= 15 is 0 Å². The average molecular weight is 343 g/mol. The Bertz CT molecular complexity index is 974. The highest BCUT2D eigenvalue weighted by molar-refractivity contribution is 7.85. The van der Waals surface area contributed by atoms with Gasteiger partial charge in [-0.05, 0) is 31.5 Å². The third-order valence-corrected chi connectivity index (χ3v) is 4.28. The van der Waals surface area contributed by atoms with Gasteiger partial charge in [-0.1, -0.05) is 6.07 Å². The minimum absolute atomic E-state index is 0.171. The van der Waals surface area contributed by atoms with Crippen LogP contribution >= 0.6 is 0 Å². The Morgan fingerprint density at radius 2 is 2.00 bits per heavy atom. The molecular weight excluding hydrogens is 326 g/mol. The zero-order chi connectivity index (χ0) is 17.4. The predicted octanol–water partition coefficient (Wildman–Crippen LogP) is 2.30. The summed E-state index contributed by atoms with van der Waals surface area (Å²) in [6.07, 6.45) is 2.89. The lowest BCUT2D eigenvalue weighted by Gasteiger charge is -2.14. The molecular formula is C16H17N5O2S. The van der Waals surface area contributed by atoms with Crippen LogP contribution < -0.4 is 10.5 Å². The van der Waals surface area contributed by atoms with Crippen LogP contribution in [0.25, 0.3) is 22.2 Å². The second-order valence-electron chi connectivity index (χ2n) is 5.47. The average Bonchev–Trinajstić information content (AvgIpc) is 2.52. The molecule has 7 nitrogen and oxygen atoms in total. The molecule has 4 N–H and O–H groups in total. The van der Waals surface area contributed by atoms with Crippen molar-refractivity contribution in [3.8, 4) is 17.0 Å². The van der Waals surface area contributed by atoms with Gasteiger partial charge in [0, 0.05) is 22.8 Å². The number of rotatable bonds is 3. The monoisotopic (exact) mass is 343 g/mol. The molecule has 3 rings (SSSR count). The van der Waals surface area contributed by atoms with E-state index in [1.807, 2.05) is 19.9 Å². The Morgan fingerprint density at radius 1 is 1.25 bits per heavy atom. The summed E-state index contributed by atoms with van der Waals surface area (Å²) in [5, 5.41) is 10.7. The Hall–Kier alpha value is -2.74. The van der Waals surface area contributed by atoms with Gasteiger partial charge in [0.15, 0.2) is 0 Å². The maximum Gasteiger partial charge on any atom is 0.139 e. The number of phenolic OH excluding ortho intramolecular Hbond substituents is 1. The third kappa shape index (κ3) is 2.76. The fraction of sp³-hybridized carbons (Fsp3) is 0.188. The second kappa shape index (κ2) is 6.04. The van der Waals surface area contributed by atoms with Gasteiger partial charge in [-0.3, -0.25) is 4.72 Å². The summed E-state index contributed by atoms with van der Waals surface area (Å²) in [6.45, 7) is 3.74. The number of aromatic nitrogens is 3. The summed E-state index contributed by atoms with van der Waals surface area (Å²) in [7, 11) is -1.29. The largest absolute Gasteiger partial charge is 0.508 e. The van der Waals surface area contributed by atoms with Gasteiger partial charge in [0.05, 0.1) is 5.69 Å². The number of aromatic hydroxyl groups is 1. The Balaban J connectivity index is 2.41. The molecule has 0 spiro atoms. The van der Waals surface area contributed by atoms with Crippen LogP contribution in [0.4, 0.5) is 11.6 Å². The van der Waals surface area contributed by atoms with Crippen molar-refractivity contribution in [2.75, 3.05) is 16.7 Å². The molecule has 0 aliphatic rings. The normalized spacial score (nSPS) is 12.3. The first-order valence-corrected chi connectivity index (χ1v) is 8.75. The molecule has 3 aromatic rings. The molecule has 0 saturated heterocycles. The molecule has 0 amide bonds. The zero-order valence-electron chi connectivity index (χ0n) is 13.5. The van der Waals surface area contributed by atoms with E-state index in [2.05, 4.69) is 19.7 Å². The van der Waals surface area contributed by atoms with Crippen LogP contribution in [0.3, 0.4) is 0 Å². The number of fused-ring (bicyclic) bond motifs is 1. The number of pyridine rings is 1. The minimum Gasteiger partial charge on any atom is -0.508 e. The first-order valence-electron chi connectivity index (χ1n) is 7.19. The highest BCUT2D eigenvalue weighted by Gasteiger charge is 2.17. The van der Waals surface area contributed by atoms with Crippen LogP contribution in [0.2, 0.25) is 0 Å². The molecule has 0 fully saturated rings. The fourth-order valence-electron chi connectivity index (χ4n) is 2.66. The summed E-state index contributed by atoms with van der Waals surface area (Å²) in [5.74, 6) is 0.885. The number of nitrogen functional groups attached to an aromatic ring is 1. The lowest BCUT2D eigenvalue weighted by Crippen LogP contribution is -2.06. The maximum absolute atomic E-state index is 11.5. The Kier molecular flexibility index (Phi) is 4.06. The van der Waals surface area contributed by atoms with E-state index in [1.54, 1.807) is 12.1 Å². The first-order chi connectivity index (χ1) is 11.4. The van der Waals surface area contributed by atoms with Gasteiger partial charge in [-0.25, -0.2) is 19.2 Å². The molecule has 24 heavy (non-hydrogen) atoms. The quantitative estimate of drug-likeness (QED) is 0.672. The number of nitrogens with two attached hydrogens (primary N) is 1. The fourth-order valence-corrected chi connectivity index (χ4v) is 3.06. The van der Waals surface area contributed by atoms with E-state index in [-0.39, 0.29) is 5.75 Å². The molecule has 0 bridgehead atoms. The van der Waals surface area contributed by atoms with E-state index in [1.165, 1.54) is 12.6 Å². The number of hydrogen-bond acceptors (Lipinski definition) is 6. The van der Waals surface area contributed by atoms with E-state index in [9.17, 15) is 9.32 Å². The van der Waals surface area contributed by atoms with Crippen molar-refractivity contribution in [3.63, 3.8) is 0 Å². The van der Waals surface area contributed by atoms with Crippen LogP contribution in [0.5, 0.6) is 5.75 Å². The summed E-state index contributed by atoms with van der Waals surface area (Å²) < 4.78 is 14.3. The van der Waals surface area contributed by atoms with Crippen molar-refractivity contribution in [3.05, 3.63) is 35.7 Å². The number of nitrogens with one attached hydrogen (secondary N) is 1. The molecule has 2 aromatic heterocycles. The van der Waals surface area contributed by atoms with Gasteiger partial charge in [0.25, 0.3) is 0 Å². The summed E-state index contributed by atoms with van der Waals surface area (Å²) >= 11 is 0. The molecule has 1 unspecified atom stereocenters. The summed E-state index contributed by atoms with van der Waals surface area (Å²) in [4.78, 5) is 12.9. The van der Waals surface area contributed by atoms with Crippen LogP contribution in [0.15, 0.2) is 24.5 Å². The van der Waals surface area contributed by atoms with Crippen molar-refractivity contribution in [1.82, 2.24) is 15.0 Å². The lowest BCUT2D eigenvalue weighted by atomic mass is 9.97. The van der Waals surface area contributed by atoms with E-state index < -0.39 is 11.0 Å². The van der Waals surface area contributed by atoms with Crippen LogP contribution in [0, 0.1) is 13.8 Å². The van der Waals surface area contributed by atoms with Gasteiger partial charge in [-0.2, -0.15) is 0 Å². The molecule has 2 heterocycles. The molecule has 0 aliphatic heterocycles. The maximum atomic E-state index is 11.5. The summed E-state index contributed by atoms with van der Waals surface area (Å²) in [5.41, 5.74) is 9.50. The number of aryl methyl sites for hydroxylation is 1. The minimum atomic E-state index is -1.29. The molecule has 1 aromatic carbocycles. The topological polar surface area (TPSA) is 114 Å². The molecule has 0 radical (unpaired) electrons. The molecule has 8 heteroatoms. The molecule has 0 saturated carbocycles. The van der Waals surface area contributed by atoms with E-state index in [0.717, 1.165) is 11.1 Å². The van der Waals surface area contributed by atoms with Crippen molar-refractivity contribution in [1.29, 1.82) is 0 Å². The van der Waals surface area contributed by atoms with Crippen molar-refractivity contribution < 1.29 is 9.32 Å². The number of nitrogens with zero attached hydrogens (tertiary/aromatic N) is 3. The van der Waals surface area contributed by atoms with Gasteiger partial charge in [-0.15, -0.1) is 0 Å². The Labute approximate surface area is 141 Å². The van der Waals surface area contributed by atoms with Crippen LogP contribution in [0.1, 0.15) is 11.1 Å². The van der Waals surface area contributed by atoms with Gasteiger partial charge < -0.3 is 10.8 Å². The van der Waals surface area contributed by atoms with Crippen LogP contribution in [-0.4, -0.2) is 30.5 Å². The molecule has 0 aliphatic carbocycles. The van der Waals surface area contributed by atoms with Gasteiger partial charge >= 0.3 is 0 Å². The van der Waals surface area contributed by atoms with E-state index in [0.29, 0.717) is 33.8 Å². The zero-order valence-corrected chi connectivity index (χ0v) is 14.3. The SMILES string of the molecule is Cc1ccc(O)c(C)c1-c1nc(NS(C)=O)cc2c(N)ncnc12. The smallest absolute Gasteiger partial charge is 0.139 e. The van der Waals surface area contributed by atoms with Gasteiger partial charge in [0.2, 0.25) is 0 Å². The highest BCUT2D eigenvalue weighted by atomic mass is 32.2. The number of anilines is 2. The molecule has 1 atom stereocenters. The number of benzene rings is 1. The summed E-state index contributed by atoms with van der Waals surface area (Å²) in [6, 6.07) is 5.12. The van der Waals surface area contributed by atoms with E-state index in [4.69, 9.17) is 5.73 Å². The predicted molar refractivity (Wildman–Crippen MR) is 96.0 cm³/mol. The third-order valence-electron chi connectivity index (χ3n) is 3.78.